The summed E-state index contributed by atoms with van der Waals surface area (Å²) >= 11 is 0. The highest BCUT2D eigenvalue weighted by Crippen LogP contribution is 2.24. The van der Waals surface area contributed by atoms with Crippen molar-refractivity contribution in [2.45, 2.75) is 20.4 Å². The van der Waals surface area contributed by atoms with Gasteiger partial charge < -0.3 is 4.90 Å². The van der Waals surface area contributed by atoms with Crippen LogP contribution in [0.15, 0.2) is 48.5 Å². The van der Waals surface area contributed by atoms with Crippen molar-refractivity contribution in [2.75, 3.05) is 14.1 Å². The molecule has 7 nitrogen and oxygen atoms in total. The number of fused-ring (bicyclic) bond motifs is 1. The fourth-order valence-corrected chi connectivity index (χ4v) is 3.75. The van der Waals surface area contributed by atoms with Crippen LogP contribution in [0, 0.1) is 13.8 Å². The van der Waals surface area contributed by atoms with Crippen LogP contribution in [0.4, 0.5) is 0 Å². The van der Waals surface area contributed by atoms with Gasteiger partial charge in [-0.05, 0) is 44.2 Å². The first-order chi connectivity index (χ1) is 14.3. The third kappa shape index (κ3) is 3.08. The molecule has 0 fully saturated rings. The lowest BCUT2D eigenvalue weighted by Gasteiger charge is -2.18. The number of nitrogens with zero attached hydrogens (tertiary/aromatic N) is 4. The molecular weight excluding hydrogens is 380 g/mol. The van der Waals surface area contributed by atoms with Crippen molar-refractivity contribution in [3.63, 3.8) is 0 Å². The number of aromatic nitrogens is 2. The van der Waals surface area contributed by atoms with Crippen LogP contribution in [-0.2, 0) is 6.54 Å². The molecule has 0 saturated heterocycles. The number of aryl methyl sites for hydroxylation is 1. The van der Waals surface area contributed by atoms with Crippen molar-refractivity contribution in [1.29, 1.82) is 0 Å². The second kappa shape index (κ2) is 7.26. The summed E-state index contributed by atoms with van der Waals surface area (Å²) in [5.41, 5.74) is 4.73. The zero-order valence-corrected chi connectivity index (χ0v) is 17.3. The number of imide groups is 1. The zero-order valence-electron chi connectivity index (χ0n) is 17.3. The Kier molecular flexibility index (Phi) is 4.73. The first-order valence-electron chi connectivity index (χ1n) is 9.62. The Hall–Kier alpha value is -3.74. The van der Waals surface area contributed by atoms with Crippen LogP contribution < -0.4 is 0 Å². The Balaban J connectivity index is 1.59. The lowest BCUT2D eigenvalue weighted by molar-refractivity contribution is 0.0692. The Morgan fingerprint density at radius 3 is 2.37 bits per heavy atom. The average molecular weight is 402 g/mol. The van der Waals surface area contributed by atoms with Crippen molar-refractivity contribution in [3.8, 4) is 5.69 Å². The summed E-state index contributed by atoms with van der Waals surface area (Å²) in [5, 5.41) is 4.63. The van der Waals surface area contributed by atoms with Crippen LogP contribution in [0.3, 0.4) is 0 Å². The minimum Gasteiger partial charge on any atom is -0.337 e. The van der Waals surface area contributed by atoms with Crippen molar-refractivity contribution in [3.05, 3.63) is 82.2 Å². The minimum absolute atomic E-state index is 0.223. The van der Waals surface area contributed by atoms with Crippen LogP contribution in [-0.4, -0.2) is 51.4 Å². The molecule has 1 aromatic heterocycles. The average Bonchev–Trinajstić information content (AvgIpc) is 3.16. The molecule has 0 unspecified atom stereocenters. The Morgan fingerprint density at radius 2 is 1.67 bits per heavy atom. The van der Waals surface area contributed by atoms with Gasteiger partial charge in [0.05, 0.1) is 22.5 Å². The standard InChI is InChI=1S/C23H22N4O3/c1-14-20(15(2)27(24-14)17-8-6-5-7-9-17)13-25(3)21(28)16-10-11-18-19(12-16)23(30)26(4)22(18)29/h5-12H,13H2,1-4H3. The normalized spacial score (nSPS) is 13.0. The summed E-state index contributed by atoms with van der Waals surface area (Å²) in [6.07, 6.45) is 0. The van der Waals surface area contributed by atoms with Gasteiger partial charge in [-0.3, -0.25) is 19.3 Å². The molecule has 2 heterocycles. The predicted octanol–water partition coefficient (Wildman–Crippen LogP) is 2.99. The number of benzene rings is 2. The van der Waals surface area contributed by atoms with Crippen molar-refractivity contribution in [1.82, 2.24) is 19.6 Å². The van der Waals surface area contributed by atoms with Gasteiger partial charge in [-0.1, -0.05) is 18.2 Å². The summed E-state index contributed by atoms with van der Waals surface area (Å²) < 4.78 is 1.87. The van der Waals surface area contributed by atoms with Crippen LogP contribution in [0.1, 0.15) is 48.0 Å². The molecule has 0 atom stereocenters. The summed E-state index contributed by atoms with van der Waals surface area (Å²) in [7, 11) is 3.15. The molecular formula is C23H22N4O3. The number of rotatable bonds is 4. The second-order valence-electron chi connectivity index (χ2n) is 7.49. The molecule has 3 amide bonds. The van der Waals surface area contributed by atoms with Gasteiger partial charge in [0.15, 0.2) is 0 Å². The van der Waals surface area contributed by atoms with Gasteiger partial charge in [0.2, 0.25) is 0 Å². The summed E-state index contributed by atoms with van der Waals surface area (Å²) in [5.74, 6) is -0.955. The highest BCUT2D eigenvalue weighted by molar-refractivity contribution is 6.21. The minimum atomic E-state index is -0.386. The largest absolute Gasteiger partial charge is 0.337 e. The van der Waals surface area contributed by atoms with Crippen LogP contribution >= 0.6 is 0 Å². The van der Waals surface area contributed by atoms with Gasteiger partial charge in [0, 0.05) is 37.5 Å². The van der Waals surface area contributed by atoms with Crippen molar-refractivity contribution < 1.29 is 14.4 Å². The molecule has 1 aliphatic heterocycles. The number of amides is 3. The highest BCUT2D eigenvalue weighted by atomic mass is 16.2. The smallest absolute Gasteiger partial charge is 0.261 e. The van der Waals surface area contributed by atoms with Gasteiger partial charge in [-0.2, -0.15) is 5.10 Å². The van der Waals surface area contributed by atoms with E-state index in [4.69, 9.17) is 0 Å². The molecule has 7 heteroatoms. The maximum Gasteiger partial charge on any atom is 0.261 e. The molecule has 0 bridgehead atoms. The van der Waals surface area contributed by atoms with E-state index in [1.807, 2.05) is 48.9 Å². The number of carbonyl (C=O) groups is 3. The molecule has 1 aliphatic rings. The molecule has 152 valence electrons. The van der Waals surface area contributed by atoms with Crippen LogP contribution in [0.5, 0.6) is 0 Å². The number of hydrogen-bond acceptors (Lipinski definition) is 4. The Labute approximate surface area is 174 Å². The quantitative estimate of drug-likeness (QED) is 0.629. The molecule has 0 radical (unpaired) electrons. The molecule has 30 heavy (non-hydrogen) atoms. The summed E-state index contributed by atoms with van der Waals surface area (Å²) in [6, 6.07) is 14.5. The molecule has 0 saturated carbocycles. The monoisotopic (exact) mass is 402 g/mol. The number of para-hydroxylation sites is 1. The van der Waals surface area contributed by atoms with Gasteiger partial charge in [-0.15, -0.1) is 0 Å². The molecule has 0 aliphatic carbocycles. The van der Waals surface area contributed by atoms with E-state index in [-0.39, 0.29) is 23.3 Å². The first-order valence-corrected chi connectivity index (χ1v) is 9.62. The van der Waals surface area contributed by atoms with E-state index in [1.165, 1.54) is 13.1 Å². The number of carbonyl (C=O) groups excluding carboxylic acids is 3. The summed E-state index contributed by atoms with van der Waals surface area (Å²) in [4.78, 5) is 40.0. The van der Waals surface area contributed by atoms with E-state index in [2.05, 4.69) is 5.10 Å². The lowest BCUT2D eigenvalue weighted by Crippen LogP contribution is -2.27. The number of hydrogen-bond donors (Lipinski definition) is 0. The topological polar surface area (TPSA) is 75.5 Å². The van der Waals surface area contributed by atoms with E-state index in [1.54, 1.807) is 24.1 Å². The van der Waals surface area contributed by atoms with Gasteiger partial charge in [0.25, 0.3) is 17.7 Å². The zero-order chi connectivity index (χ0) is 21.6. The maximum absolute atomic E-state index is 13.0. The third-order valence-corrected chi connectivity index (χ3v) is 5.52. The Bertz CT molecular complexity index is 1180. The van der Waals surface area contributed by atoms with Crippen LogP contribution in [0.2, 0.25) is 0 Å². The molecule has 3 aromatic rings. The summed E-state index contributed by atoms with van der Waals surface area (Å²) in [6.45, 7) is 4.29. The van der Waals surface area contributed by atoms with Crippen molar-refractivity contribution >= 4 is 17.7 Å². The van der Waals surface area contributed by atoms with E-state index in [9.17, 15) is 14.4 Å². The molecule has 2 aromatic carbocycles. The van der Waals surface area contributed by atoms with Gasteiger partial charge >= 0.3 is 0 Å². The fourth-order valence-electron chi connectivity index (χ4n) is 3.75. The SMILES string of the molecule is Cc1nn(-c2ccccc2)c(C)c1CN(C)C(=O)c1ccc2c(c1)C(=O)N(C)C2=O. The van der Waals surface area contributed by atoms with Crippen molar-refractivity contribution in [2.24, 2.45) is 0 Å². The van der Waals surface area contributed by atoms with E-state index in [0.29, 0.717) is 17.7 Å². The van der Waals surface area contributed by atoms with E-state index in [0.717, 1.165) is 27.5 Å². The first kappa shape index (κ1) is 19.6. The predicted molar refractivity (Wildman–Crippen MR) is 112 cm³/mol. The molecule has 0 spiro atoms. The van der Waals surface area contributed by atoms with Gasteiger partial charge in [-0.25, -0.2) is 4.68 Å². The lowest BCUT2D eigenvalue weighted by atomic mass is 10.0. The fraction of sp³-hybridized carbons (Fsp3) is 0.217. The molecule has 0 N–H and O–H groups in total. The highest BCUT2D eigenvalue weighted by Gasteiger charge is 2.33. The van der Waals surface area contributed by atoms with E-state index >= 15 is 0 Å². The third-order valence-electron chi connectivity index (χ3n) is 5.52. The van der Waals surface area contributed by atoms with Gasteiger partial charge in [0.1, 0.15) is 0 Å². The molecule has 4 rings (SSSR count). The van der Waals surface area contributed by atoms with E-state index < -0.39 is 0 Å². The van der Waals surface area contributed by atoms with Crippen LogP contribution in [0.25, 0.3) is 5.69 Å². The second-order valence-corrected chi connectivity index (χ2v) is 7.49. The Morgan fingerprint density at radius 1 is 1.00 bits per heavy atom. The maximum atomic E-state index is 13.0.